The first kappa shape index (κ1) is 30.9. The number of aromatic nitrogens is 1. The molecule has 0 radical (unpaired) electrons. The Bertz CT molecular complexity index is 2890. The predicted octanol–water partition coefficient (Wildman–Crippen LogP) is 14.2. The maximum atomic E-state index is 3.95. The molecule has 1 aromatic heterocycles. The first-order valence-electron chi connectivity index (χ1n) is 18.2. The molecule has 0 aliphatic heterocycles. The fraction of sp³-hybridized carbons (Fsp3) is 0.0196. The van der Waals surface area contributed by atoms with Crippen LogP contribution in [0.1, 0.15) is 11.1 Å². The second-order valence-corrected chi connectivity index (χ2v) is 13.8. The van der Waals surface area contributed by atoms with Crippen molar-refractivity contribution in [2.75, 3.05) is 4.90 Å². The summed E-state index contributed by atoms with van der Waals surface area (Å²) in [6, 6.07) is 62.0. The Morgan fingerprint density at radius 2 is 1.21 bits per heavy atom. The highest BCUT2D eigenvalue weighted by molar-refractivity contribution is 6.18. The summed E-state index contributed by atoms with van der Waals surface area (Å²) in [7, 11) is 0. The molecule has 0 amide bonds. The van der Waals surface area contributed by atoms with E-state index >= 15 is 0 Å². The van der Waals surface area contributed by atoms with E-state index in [-0.39, 0.29) is 0 Å². The normalized spacial score (nSPS) is 11.9. The van der Waals surface area contributed by atoms with Gasteiger partial charge in [0.1, 0.15) is 0 Å². The molecular formula is C51H36N2. The highest BCUT2D eigenvalue weighted by Gasteiger charge is 2.26. The predicted molar refractivity (Wildman–Crippen MR) is 227 cm³/mol. The number of hydrogen-bond donors (Lipinski definition) is 0. The van der Waals surface area contributed by atoms with Crippen molar-refractivity contribution in [1.82, 2.24) is 4.57 Å². The van der Waals surface area contributed by atoms with Crippen molar-refractivity contribution in [3.63, 3.8) is 0 Å². The summed E-state index contributed by atoms with van der Waals surface area (Å²) >= 11 is 0. The third-order valence-corrected chi connectivity index (χ3v) is 10.8. The molecule has 10 rings (SSSR count). The fourth-order valence-corrected chi connectivity index (χ4v) is 8.44. The van der Waals surface area contributed by atoms with Crippen molar-refractivity contribution in [3.05, 3.63) is 200 Å². The zero-order chi connectivity index (χ0) is 35.5. The quantitative estimate of drug-likeness (QED) is 0.153. The van der Waals surface area contributed by atoms with E-state index in [0.717, 1.165) is 22.7 Å². The van der Waals surface area contributed by atoms with Crippen LogP contribution >= 0.6 is 0 Å². The first-order chi connectivity index (χ1) is 26.2. The Hall–Kier alpha value is -6.90. The Kier molecular flexibility index (Phi) is 7.23. The number of rotatable bonds is 7. The number of nitrogens with zero attached hydrogens (tertiary/aromatic N) is 2. The Labute approximate surface area is 309 Å². The van der Waals surface area contributed by atoms with Gasteiger partial charge in [-0.2, -0.15) is 0 Å². The zero-order valence-electron chi connectivity index (χ0n) is 29.5. The molecule has 0 unspecified atom stereocenters. The van der Waals surface area contributed by atoms with Crippen LogP contribution in [0, 0.1) is 6.92 Å². The van der Waals surface area contributed by atoms with Gasteiger partial charge in [0.2, 0.25) is 0 Å². The molecule has 1 heterocycles. The summed E-state index contributed by atoms with van der Waals surface area (Å²) in [6.45, 7) is 6.16. The van der Waals surface area contributed by atoms with E-state index in [9.17, 15) is 0 Å². The molecule has 0 atom stereocenters. The van der Waals surface area contributed by atoms with Crippen LogP contribution in [-0.4, -0.2) is 4.57 Å². The SMILES string of the molecule is C=C/C=C\c1c(C)cc2cccc3c2c1-c1ccc(N(c2ccc(-c4ccccc4)cc2)c2ccc4c(c2)c2ccccc2n4-c2ccccc2)cc1-3. The molecule has 8 aromatic carbocycles. The molecule has 1 aliphatic rings. The van der Waals surface area contributed by atoms with Gasteiger partial charge >= 0.3 is 0 Å². The van der Waals surface area contributed by atoms with Crippen molar-refractivity contribution in [1.29, 1.82) is 0 Å². The van der Waals surface area contributed by atoms with Gasteiger partial charge in [-0.25, -0.2) is 0 Å². The summed E-state index contributed by atoms with van der Waals surface area (Å²) in [6.07, 6.45) is 6.11. The third kappa shape index (κ3) is 4.95. The van der Waals surface area contributed by atoms with Gasteiger partial charge < -0.3 is 9.47 Å². The molecular weight excluding hydrogens is 641 g/mol. The summed E-state index contributed by atoms with van der Waals surface area (Å²) in [5.41, 5.74) is 16.9. The minimum Gasteiger partial charge on any atom is -0.310 e. The largest absolute Gasteiger partial charge is 0.310 e. The molecule has 53 heavy (non-hydrogen) atoms. The van der Waals surface area contributed by atoms with Crippen LogP contribution in [0.2, 0.25) is 0 Å². The molecule has 0 spiro atoms. The second kappa shape index (κ2) is 12.4. The molecule has 0 N–H and O–H groups in total. The summed E-state index contributed by atoms with van der Waals surface area (Å²) in [4.78, 5) is 2.41. The zero-order valence-corrected chi connectivity index (χ0v) is 29.5. The van der Waals surface area contributed by atoms with Gasteiger partial charge in [0.25, 0.3) is 0 Å². The average molecular weight is 677 g/mol. The number of benzene rings is 8. The summed E-state index contributed by atoms with van der Waals surface area (Å²) in [5.74, 6) is 0. The van der Waals surface area contributed by atoms with E-state index in [2.05, 4.69) is 199 Å². The standard InChI is InChI=1S/C51H36N2/c1-3-4-19-42-34(2)31-37-16-13-21-44-46-32-40(27-29-45(46)51(42)50(37)44)52(39-25-23-36(24-26-39)35-14-7-5-8-15-35)41-28-30-49-47(33-41)43-20-11-12-22-48(43)53(49)38-17-9-6-10-18-38/h3-33H,1H2,2H3/b19-4-. The summed E-state index contributed by atoms with van der Waals surface area (Å²) < 4.78 is 2.38. The van der Waals surface area contributed by atoms with E-state index in [4.69, 9.17) is 0 Å². The lowest BCUT2D eigenvalue weighted by Gasteiger charge is -2.27. The van der Waals surface area contributed by atoms with Gasteiger partial charge in [-0.05, 0) is 123 Å². The summed E-state index contributed by atoms with van der Waals surface area (Å²) in [5, 5.41) is 5.06. The monoisotopic (exact) mass is 676 g/mol. The van der Waals surface area contributed by atoms with E-state index in [0.29, 0.717) is 0 Å². The Balaban J connectivity index is 1.19. The van der Waals surface area contributed by atoms with Crippen LogP contribution < -0.4 is 4.90 Å². The smallest absolute Gasteiger partial charge is 0.0542 e. The van der Waals surface area contributed by atoms with Crippen LogP contribution in [0.5, 0.6) is 0 Å². The maximum Gasteiger partial charge on any atom is 0.0542 e. The molecule has 0 bridgehead atoms. The molecule has 250 valence electrons. The lowest BCUT2D eigenvalue weighted by Crippen LogP contribution is -2.10. The van der Waals surface area contributed by atoms with Crippen LogP contribution in [-0.2, 0) is 0 Å². The van der Waals surface area contributed by atoms with Crippen LogP contribution in [0.4, 0.5) is 17.1 Å². The lowest BCUT2D eigenvalue weighted by atomic mass is 9.93. The Morgan fingerprint density at radius 1 is 0.528 bits per heavy atom. The van der Waals surface area contributed by atoms with Crippen molar-refractivity contribution < 1.29 is 0 Å². The number of para-hydroxylation sites is 2. The minimum atomic E-state index is 1.11. The molecule has 0 saturated heterocycles. The molecule has 9 aromatic rings. The van der Waals surface area contributed by atoms with Gasteiger partial charge in [0.15, 0.2) is 0 Å². The van der Waals surface area contributed by atoms with Crippen molar-refractivity contribution >= 4 is 55.7 Å². The van der Waals surface area contributed by atoms with Gasteiger partial charge in [0, 0.05) is 33.5 Å². The molecule has 2 heteroatoms. The minimum absolute atomic E-state index is 1.11. The second-order valence-electron chi connectivity index (χ2n) is 13.8. The van der Waals surface area contributed by atoms with Gasteiger partial charge in [-0.3, -0.25) is 0 Å². The van der Waals surface area contributed by atoms with Gasteiger partial charge in [-0.1, -0.05) is 134 Å². The molecule has 0 fully saturated rings. The van der Waals surface area contributed by atoms with Crippen LogP contribution in [0.15, 0.2) is 189 Å². The third-order valence-electron chi connectivity index (χ3n) is 10.8. The number of aryl methyl sites for hydroxylation is 1. The van der Waals surface area contributed by atoms with Crippen molar-refractivity contribution in [3.8, 4) is 39.1 Å². The number of anilines is 3. The number of fused-ring (bicyclic) bond motifs is 6. The van der Waals surface area contributed by atoms with E-state index < -0.39 is 0 Å². The number of hydrogen-bond acceptors (Lipinski definition) is 1. The van der Waals surface area contributed by atoms with Gasteiger partial charge in [0.05, 0.1) is 11.0 Å². The van der Waals surface area contributed by atoms with Crippen molar-refractivity contribution in [2.24, 2.45) is 0 Å². The highest BCUT2D eigenvalue weighted by atomic mass is 15.1. The van der Waals surface area contributed by atoms with Crippen LogP contribution in [0.3, 0.4) is 0 Å². The molecule has 0 saturated carbocycles. The topological polar surface area (TPSA) is 8.17 Å². The van der Waals surface area contributed by atoms with E-state index in [1.807, 2.05) is 12.2 Å². The molecule has 2 nitrogen and oxygen atoms in total. The van der Waals surface area contributed by atoms with Crippen molar-refractivity contribution in [2.45, 2.75) is 6.92 Å². The first-order valence-corrected chi connectivity index (χ1v) is 18.2. The average Bonchev–Trinajstić information content (AvgIpc) is 3.72. The van der Waals surface area contributed by atoms with Gasteiger partial charge in [-0.15, -0.1) is 0 Å². The van der Waals surface area contributed by atoms with E-state index in [1.165, 1.54) is 77.1 Å². The van der Waals surface area contributed by atoms with E-state index in [1.54, 1.807) is 0 Å². The lowest BCUT2D eigenvalue weighted by molar-refractivity contribution is 1.18. The Morgan fingerprint density at radius 3 is 2.02 bits per heavy atom. The molecule has 1 aliphatic carbocycles. The van der Waals surface area contributed by atoms with Crippen LogP contribution in [0.25, 0.3) is 77.7 Å². The number of allylic oxidation sites excluding steroid dienone is 2. The maximum absolute atomic E-state index is 3.95. The fourth-order valence-electron chi connectivity index (χ4n) is 8.44. The highest BCUT2D eigenvalue weighted by Crippen LogP contribution is 2.52.